The van der Waals surface area contributed by atoms with Crippen LogP contribution >= 0.6 is 12.4 Å². The summed E-state index contributed by atoms with van der Waals surface area (Å²) in [6.45, 7) is 0.266. The predicted octanol–water partition coefficient (Wildman–Crippen LogP) is 0.457. The minimum Gasteiger partial charge on any atom is -0.484 e. The van der Waals surface area contributed by atoms with Crippen molar-refractivity contribution < 1.29 is 14.3 Å². The minimum absolute atomic E-state index is 0. The van der Waals surface area contributed by atoms with E-state index in [2.05, 4.69) is 10.6 Å². The number of ether oxygens (including phenoxy) is 1. The van der Waals surface area contributed by atoms with E-state index in [1.54, 1.807) is 12.1 Å². The highest BCUT2D eigenvalue weighted by molar-refractivity contribution is 5.85. The van der Waals surface area contributed by atoms with Gasteiger partial charge in [0.2, 0.25) is 5.91 Å². The second-order valence-corrected chi connectivity index (χ2v) is 5.13. The highest BCUT2D eigenvalue weighted by Crippen LogP contribution is 2.32. The van der Waals surface area contributed by atoms with Gasteiger partial charge in [-0.15, -0.1) is 12.4 Å². The summed E-state index contributed by atoms with van der Waals surface area (Å²) in [6, 6.07) is 9.07. The van der Waals surface area contributed by atoms with Gasteiger partial charge in [0.15, 0.2) is 6.61 Å². The number of nitrogens with two attached hydrogens (primary N) is 1. The van der Waals surface area contributed by atoms with Crippen molar-refractivity contribution in [3.63, 3.8) is 0 Å². The molecular weight excluding hydrogens is 306 g/mol. The van der Waals surface area contributed by atoms with Crippen molar-refractivity contribution in [1.29, 1.82) is 0 Å². The van der Waals surface area contributed by atoms with E-state index in [0.29, 0.717) is 18.2 Å². The Hall–Kier alpha value is -1.79. The van der Waals surface area contributed by atoms with Crippen molar-refractivity contribution in [3.05, 3.63) is 30.3 Å². The molecule has 6 nitrogen and oxygen atoms in total. The maximum Gasteiger partial charge on any atom is 0.258 e. The molecule has 7 heteroatoms. The highest BCUT2D eigenvalue weighted by atomic mass is 35.5. The number of hydrogen-bond acceptors (Lipinski definition) is 4. The van der Waals surface area contributed by atoms with E-state index >= 15 is 0 Å². The molecule has 0 aromatic heterocycles. The first kappa shape index (κ1) is 18.3. The van der Waals surface area contributed by atoms with Gasteiger partial charge in [0.25, 0.3) is 5.91 Å². The SMILES string of the molecule is Cl.NCC(NC(=O)CNC(=O)COc1ccccc1)C1CC1. The number of rotatable bonds is 8. The Kier molecular flexibility index (Phi) is 7.70. The van der Waals surface area contributed by atoms with E-state index in [4.69, 9.17) is 10.5 Å². The molecule has 0 aliphatic heterocycles. The fourth-order valence-electron chi connectivity index (χ4n) is 2.02. The molecule has 0 radical (unpaired) electrons. The topological polar surface area (TPSA) is 93.5 Å². The first-order chi connectivity index (χ1) is 10.2. The Labute approximate surface area is 136 Å². The van der Waals surface area contributed by atoms with Gasteiger partial charge in [-0.25, -0.2) is 0 Å². The van der Waals surface area contributed by atoms with Crippen LogP contribution in [-0.2, 0) is 9.59 Å². The number of carbonyl (C=O) groups is 2. The van der Waals surface area contributed by atoms with Crippen molar-refractivity contribution in [2.45, 2.75) is 18.9 Å². The maximum absolute atomic E-state index is 11.7. The van der Waals surface area contributed by atoms with Crippen LogP contribution in [0.3, 0.4) is 0 Å². The number of halogens is 1. The molecular formula is C15H22ClN3O3. The van der Waals surface area contributed by atoms with Gasteiger partial charge in [0, 0.05) is 12.6 Å². The lowest BCUT2D eigenvalue weighted by molar-refractivity contribution is -0.127. The predicted molar refractivity (Wildman–Crippen MR) is 85.9 cm³/mol. The number of carbonyl (C=O) groups excluding carboxylic acids is 2. The van der Waals surface area contributed by atoms with Crippen LogP contribution in [0.4, 0.5) is 0 Å². The average Bonchev–Trinajstić information content (AvgIpc) is 3.34. The zero-order chi connectivity index (χ0) is 15.1. The number of hydrogen-bond donors (Lipinski definition) is 3. The number of nitrogens with one attached hydrogen (secondary N) is 2. The molecule has 122 valence electrons. The lowest BCUT2D eigenvalue weighted by atomic mass is 10.2. The smallest absolute Gasteiger partial charge is 0.258 e. The zero-order valence-corrected chi connectivity index (χ0v) is 13.1. The number of para-hydroxylation sites is 1. The Morgan fingerprint density at radius 1 is 1.23 bits per heavy atom. The molecule has 0 saturated heterocycles. The Morgan fingerprint density at radius 2 is 1.91 bits per heavy atom. The van der Waals surface area contributed by atoms with Crippen molar-refractivity contribution in [2.24, 2.45) is 11.7 Å². The van der Waals surface area contributed by atoms with Crippen LogP contribution in [0.1, 0.15) is 12.8 Å². The fraction of sp³-hybridized carbons (Fsp3) is 0.467. The summed E-state index contributed by atoms with van der Waals surface area (Å²) in [6.07, 6.45) is 2.22. The molecule has 2 amide bonds. The van der Waals surface area contributed by atoms with Gasteiger partial charge in [-0.3, -0.25) is 9.59 Å². The van der Waals surface area contributed by atoms with Crippen LogP contribution in [0, 0.1) is 5.92 Å². The van der Waals surface area contributed by atoms with Crippen LogP contribution < -0.4 is 21.1 Å². The van der Waals surface area contributed by atoms with Crippen molar-refractivity contribution >= 4 is 24.2 Å². The number of benzene rings is 1. The Balaban J connectivity index is 0.00000242. The summed E-state index contributed by atoms with van der Waals surface area (Å²) in [5.41, 5.74) is 5.61. The Morgan fingerprint density at radius 3 is 2.50 bits per heavy atom. The summed E-state index contributed by atoms with van der Waals surface area (Å²) in [4.78, 5) is 23.3. The van der Waals surface area contributed by atoms with Crippen molar-refractivity contribution in [3.8, 4) is 5.75 Å². The molecule has 22 heavy (non-hydrogen) atoms. The van der Waals surface area contributed by atoms with Gasteiger partial charge in [-0.05, 0) is 30.9 Å². The van der Waals surface area contributed by atoms with Crippen molar-refractivity contribution in [2.75, 3.05) is 19.7 Å². The molecule has 1 aliphatic carbocycles. The lowest BCUT2D eigenvalue weighted by Crippen LogP contribution is -2.46. The molecule has 1 saturated carbocycles. The third-order valence-electron chi connectivity index (χ3n) is 3.35. The zero-order valence-electron chi connectivity index (χ0n) is 12.3. The molecule has 0 spiro atoms. The summed E-state index contributed by atoms with van der Waals surface area (Å²) in [7, 11) is 0. The molecule has 1 atom stereocenters. The van der Waals surface area contributed by atoms with Gasteiger partial charge in [0.05, 0.1) is 6.54 Å². The van der Waals surface area contributed by atoms with Gasteiger partial charge in [0.1, 0.15) is 5.75 Å². The van der Waals surface area contributed by atoms with Crippen LogP contribution in [-0.4, -0.2) is 37.6 Å². The van der Waals surface area contributed by atoms with Crippen molar-refractivity contribution in [1.82, 2.24) is 10.6 Å². The minimum atomic E-state index is -0.329. The van der Waals surface area contributed by atoms with Crippen LogP contribution in [0.5, 0.6) is 5.75 Å². The third kappa shape index (κ3) is 6.32. The summed E-state index contributed by atoms with van der Waals surface area (Å²) in [5, 5.41) is 5.36. The van der Waals surface area contributed by atoms with E-state index in [-0.39, 0.29) is 43.4 Å². The molecule has 0 bridgehead atoms. The lowest BCUT2D eigenvalue weighted by Gasteiger charge is -2.16. The molecule has 1 aromatic carbocycles. The van der Waals surface area contributed by atoms with Crippen LogP contribution in [0.25, 0.3) is 0 Å². The quantitative estimate of drug-likeness (QED) is 0.646. The largest absolute Gasteiger partial charge is 0.484 e. The standard InChI is InChI=1S/C15H21N3O3.ClH/c16-8-13(11-6-7-11)18-14(19)9-17-15(20)10-21-12-4-2-1-3-5-12;/h1-5,11,13H,6-10,16H2,(H,17,20)(H,18,19);1H. The normalized spacial score (nSPS) is 14.4. The first-order valence-electron chi connectivity index (χ1n) is 7.13. The van der Waals surface area contributed by atoms with E-state index < -0.39 is 0 Å². The fourth-order valence-corrected chi connectivity index (χ4v) is 2.02. The average molecular weight is 328 g/mol. The Bertz CT molecular complexity index is 480. The van der Waals surface area contributed by atoms with Gasteiger partial charge in [-0.1, -0.05) is 18.2 Å². The van der Waals surface area contributed by atoms with E-state index in [0.717, 1.165) is 12.8 Å². The van der Waals surface area contributed by atoms with E-state index in [9.17, 15) is 9.59 Å². The highest BCUT2D eigenvalue weighted by Gasteiger charge is 2.31. The van der Waals surface area contributed by atoms with Gasteiger partial charge in [-0.2, -0.15) is 0 Å². The molecule has 4 N–H and O–H groups in total. The second kappa shape index (κ2) is 9.27. The monoisotopic (exact) mass is 327 g/mol. The van der Waals surface area contributed by atoms with Crippen LogP contribution in [0.15, 0.2) is 30.3 Å². The van der Waals surface area contributed by atoms with E-state index in [1.807, 2.05) is 18.2 Å². The van der Waals surface area contributed by atoms with Gasteiger partial charge >= 0.3 is 0 Å². The molecule has 1 aliphatic rings. The molecule has 2 rings (SSSR count). The molecule has 1 unspecified atom stereocenters. The summed E-state index contributed by atoms with van der Waals surface area (Å²) >= 11 is 0. The molecule has 1 fully saturated rings. The summed E-state index contributed by atoms with van der Waals surface area (Å²) in [5.74, 6) is 0.570. The maximum atomic E-state index is 11.7. The second-order valence-electron chi connectivity index (χ2n) is 5.13. The first-order valence-corrected chi connectivity index (χ1v) is 7.13. The summed E-state index contributed by atoms with van der Waals surface area (Å²) < 4.78 is 5.29. The van der Waals surface area contributed by atoms with E-state index in [1.165, 1.54) is 0 Å². The molecule has 1 aromatic rings. The van der Waals surface area contributed by atoms with Gasteiger partial charge < -0.3 is 21.1 Å². The third-order valence-corrected chi connectivity index (χ3v) is 3.35. The molecule has 0 heterocycles. The number of amides is 2. The van der Waals surface area contributed by atoms with Crippen LogP contribution in [0.2, 0.25) is 0 Å².